The fourth-order valence-corrected chi connectivity index (χ4v) is 4.91. The zero-order valence-corrected chi connectivity index (χ0v) is 18.8. The van der Waals surface area contributed by atoms with Crippen molar-refractivity contribution in [3.63, 3.8) is 0 Å². The molecule has 0 amide bonds. The van der Waals surface area contributed by atoms with Crippen molar-refractivity contribution in [1.29, 1.82) is 0 Å². The highest BCUT2D eigenvalue weighted by molar-refractivity contribution is 6.68. The summed E-state index contributed by atoms with van der Waals surface area (Å²) in [5.41, 5.74) is 0.494. The van der Waals surface area contributed by atoms with E-state index in [9.17, 15) is 0 Å². The number of halogens is 4. The van der Waals surface area contributed by atoms with Gasteiger partial charge in [-0.15, -0.1) is 11.6 Å². The second-order valence-corrected chi connectivity index (χ2v) is 8.92. The maximum atomic E-state index is 6.47. The van der Waals surface area contributed by atoms with Gasteiger partial charge in [0.15, 0.2) is 11.6 Å². The topological polar surface area (TPSA) is 36.9 Å². The van der Waals surface area contributed by atoms with Gasteiger partial charge in [-0.25, -0.2) is 0 Å². The first-order valence-electron chi connectivity index (χ1n) is 8.31. The van der Waals surface area contributed by atoms with Gasteiger partial charge in [0.05, 0.1) is 5.41 Å². The van der Waals surface area contributed by atoms with E-state index < -0.39 is 20.8 Å². The minimum absolute atomic E-state index is 0.0653. The van der Waals surface area contributed by atoms with E-state index in [1.807, 2.05) is 36.5 Å². The zero-order valence-electron chi connectivity index (χ0n) is 15.7. The van der Waals surface area contributed by atoms with E-state index in [1.165, 1.54) is 0 Å². The maximum Gasteiger partial charge on any atom is 0.205 e. The highest BCUT2D eigenvalue weighted by Crippen LogP contribution is 2.57. The average molecular weight is 458 g/mol. The van der Waals surface area contributed by atoms with Crippen LogP contribution >= 0.6 is 46.4 Å². The SMILES string of the molecule is COC1(OC)C=CC(C(CCl)(C2=CCC(OC)(OC)C=C2)C(Cl)(Cl)Cl)=CC1. The van der Waals surface area contributed by atoms with Gasteiger partial charge in [0.2, 0.25) is 3.79 Å². The van der Waals surface area contributed by atoms with Gasteiger partial charge in [-0.3, -0.25) is 0 Å². The first-order valence-corrected chi connectivity index (χ1v) is 9.98. The van der Waals surface area contributed by atoms with Crippen LogP contribution in [-0.2, 0) is 18.9 Å². The van der Waals surface area contributed by atoms with Crippen LogP contribution in [0.1, 0.15) is 12.8 Å². The summed E-state index contributed by atoms with van der Waals surface area (Å²) >= 11 is 25.8. The van der Waals surface area contributed by atoms with Gasteiger partial charge in [0.25, 0.3) is 0 Å². The van der Waals surface area contributed by atoms with Crippen molar-refractivity contribution in [2.75, 3.05) is 34.3 Å². The lowest BCUT2D eigenvalue weighted by Gasteiger charge is -2.44. The van der Waals surface area contributed by atoms with E-state index in [1.54, 1.807) is 28.4 Å². The lowest BCUT2D eigenvalue weighted by Crippen LogP contribution is -2.44. The highest BCUT2D eigenvalue weighted by atomic mass is 35.6. The number of hydrogen-bond acceptors (Lipinski definition) is 4. The Balaban J connectivity index is 2.49. The van der Waals surface area contributed by atoms with E-state index in [4.69, 9.17) is 65.4 Å². The van der Waals surface area contributed by atoms with Crippen molar-refractivity contribution in [2.24, 2.45) is 5.41 Å². The molecule has 0 atom stereocenters. The van der Waals surface area contributed by atoms with Gasteiger partial charge in [-0.05, 0) is 23.3 Å². The minimum atomic E-state index is -1.69. The molecule has 0 N–H and O–H groups in total. The van der Waals surface area contributed by atoms with Crippen molar-refractivity contribution in [3.8, 4) is 0 Å². The molecule has 152 valence electrons. The third-order valence-corrected chi connectivity index (χ3v) is 6.67. The lowest BCUT2D eigenvalue weighted by atomic mass is 9.72. The molecule has 2 aliphatic rings. The maximum absolute atomic E-state index is 6.47. The molecule has 0 aromatic carbocycles. The molecule has 0 saturated carbocycles. The van der Waals surface area contributed by atoms with Crippen molar-refractivity contribution < 1.29 is 18.9 Å². The zero-order chi connectivity index (χ0) is 20.3. The Morgan fingerprint density at radius 3 is 1.37 bits per heavy atom. The van der Waals surface area contributed by atoms with E-state index in [-0.39, 0.29) is 5.88 Å². The predicted molar refractivity (Wildman–Crippen MR) is 111 cm³/mol. The van der Waals surface area contributed by atoms with Crippen LogP contribution in [0.25, 0.3) is 0 Å². The van der Waals surface area contributed by atoms with Crippen LogP contribution in [0.4, 0.5) is 0 Å². The van der Waals surface area contributed by atoms with Crippen LogP contribution in [-0.4, -0.2) is 49.7 Å². The van der Waals surface area contributed by atoms with Crippen LogP contribution in [0.5, 0.6) is 0 Å². The minimum Gasteiger partial charge on any atom is -0.349 e. The van der Waals surface area contributed by atoms with Gasteiger partial charge in [0, 0.05) is 47.2 Å². The van der Waals surface area contributed by atoms with Crippen LogP contribution in [0, 0.1) is 5.41 Å². The monoisotopic (exact) mass is 456 g/mol. The number of ether oxygens (including phenoxy) is 4. The third kappa shape index (κ3) is 4.15. The molecule has 4 nitrogen and oxygen atoms in total. The number of methoxy groups -OCH3 is 4. The van der Waals surface area contributed by atoms with Crippen molar-refractivity contribution in [1.82, 2.24) is 0 Å². The largest absolute Gasteiger partial charge is 0.349 e. The second kappa shape index (κ2) is 8.76. The average Bonchev–Trinajstić information content (AvgIpc) is 2.69. The molecule has 27 heavy (non-hydrogen) atoms. The molecule has 0 aromatic heterocycles. The Morgan fingerprint density at radius 2 is 1.19 bits per heavy atom. The summed E-state index contributed by atoms with van der Waals surface area (Å²) < 4.78 is 20.2. The highest BCUT2D eigenvalue weighted by Gasteiger charge is 2.53. The molecule has 0 fully saturated rings. The van der Waals surface area contributed by atoms with Crippen molar-refractivity contribution in [2.45, 2.75) is 28.2 Å². The molecular weight excluding hydrogens is 434 g/mol. The lowest BCUT2D eigenvalue weighted by molar-refractivity contribution is -0.168. The Kier molecular flexibility index (Phi) is 7.54. The summed E-state index contributed by atoms with van der Waals surface area (Å²) in [5, 5.41) is 0. The molecule has 2 aliphatic carbocycles. The summed E-state index contributed by atoms with van der Waals surface area (Å²) in [6, 6.07) is 0. The number of allylic oxidation sites excluding steroid dienone is 4. The fraction of sp³-hybridized carbons (Fsp3) is 0.579. The van der Waals surface area contributed by atoms with E-state index >= 15 is 0 Å². The standard InChI is InChI=1S/C19H24Cl4O4/c1-24-16(25-2)9-5-14(6-10-16)18(13-20,19(21,22)23)15-7-11-17(26-3,27-4)12-8-15/h5-9,11H,10,12-13H2,1-4H3. The quantitative estimate of drug-likeness (QED) is 0.382. The molecule has 0 aromatic rings. The van der Waals surface area contributed by atoms with Crippen LogP contribution in [0.3, 0.4) is 0 Å². The Hall–Kier alpha value is -0.0400. The smallest absolute Gasteiger partial charge is 0.205 e. The number of rotatable bonds is 7. The van der Waals surface area contributed by atoms with Crippen LogP contribution < -0.4 is 0 Å². The Labute approximate surface area is 180 Å². The Bertz CT molecular complexity index is 607. The molecule has 0 spiro atoms. The van der Waals surface area contributed by atoms with Gasteiger partial charge in [-0.2, -0.15) is 0 Å². The van der Waals surface area contributed by atoms with Gasteiger partial charge < -0.3 is 18.9 Å². The molecule has 0 saturated heterocycles. The van der Waals surface area contributed by atoms with Gasteiger partial charge >= 0.3 is 0 Å². The molecule has 0 unspecified atom stereocenters. The van der Waals surface area contributed by atoms with Gasteiger partial charge in [0.1, 0.15) is 0 Å². The van der Waals surface area contributed by atoms with E-state index in [0.717, 1.165) is 11.1 Å². The summed E-state index contributed by atoms with van der Waals surface area (Å²) in [5.74, 6) is -1.61. The molecular formula is C19H24Cl4O4. The molecule has 2 rings (SSSR count). The van der Waals surface area contributed by atoms with Gasteiger partial charge in [-0.1, -0.05) is 59.1 Å². The predicted octanol–water partition coefficient (Wildman–Crippen LogP) is 5.33. The molecule has 0 heterocycles. The summed E-state index contributed by atoms with van der Waals surface area (Å²) in [7, 11) is 6.33. The summed E-state index contributed by atoms with van der Waals surface area (Å²) in [6.07, 6.45) is 12.1. The van der Waals surface area contributed by atoms with E-state index in [2.05, 4.69) is 0 Å². The van der Waals surface area contributed by atoms with Crippen molar-refractivity contribution >= 4 is 46.4 Å². The van der Waals surface area contributed by atoms with E-state index in [0.29, 0.717) is 12.8 Å². The first-order chi connectivity index (χ1) is 12.7. The number of alkyl halides is 4. The van der Waals surface area contributed by atoms with Crippen LogP contribution in [0.15, 0.2) is 47.6 Å². The first kappa shape index (κ1) is 23.2. The normalized spacial score (nSPS) is 21.8. The summed E-state index contributed by atoms with van der Waals surface area (Å²) in [4.78, 5) is 0. The molecule has 0 radical (unpaired) electrons. The fourth-order valence-electron chi connectivity index (χ4n) is 3.34. The molecule has 8 heteroatoms. The summed E-state index contributed by atoms with van der Waals surface area (Å²) in [6.45, 7) is 0. The van der Waals surface area contributed by atoms with Crippen LogP contribution in [0.2, 0.25) is 0 Å². The second-order valence-electron chi connectivity index (χ2n) is 6.37. The number of hydrogen-bond donors (Lipinski definition) is 0. The molecule has 0 bridgehead atoms. The van der Waals surface area contributed by atoms with Crippen molar-refractivity contribution in [3.05, 3.63) is 47.6 Å². The third-order valence-electron chi connectivity index (χ3n) is 5.30. The molecule has 0 aliphatic heterocycles. The Morgan fingerprint density at radius 1 is 0.815 bits per heavy atom.